The number of nitrogens with zero attached hydrogens (tertiary/aromatic N) is 1. The zero-order chi connectivity index (χ0) is 14.7. The third-order valence-electron chi connectivity index (χ3n) is 3.48. The first-order valence-corrected chi connectivity index (χ1v) is 7.15. The van der Waals surface area contributed by atoms with E-state index in [-0.39, 0.29) is 6.17 Å². The fraction of sp³-hybridized carbons (Fsp3) is 0.118. The molecule has 3 nitrogen and oxygen atoms in total. The van der Waals surface area contributed by atoms with Crippen molar-refractivity contribution in [2.75, 3.05) is 11.4 Å². The number of benzene rings is 2. The van der Waals surface area contributed by atoms with Crippen molar-refractivity contribution in [2.45, 2.75) is 6.17 Å². The minimum absolute atomic E-state index is 0.383. The molecule has 0 saturated carbocycles. The van der Waals surface area contributed by atoms with Crippen LogP contribution in [0.15, 0.2) is 60.7 Å². The molecule has 0 aromatic heterocycles. The summed E-state index contributed by atoms with van der Waals surface area (Å²) >= 11 is 6.02. The lowest BCUT2D eigenvalue weighted by molar-refractivity contribution is -0.109. The van der Waals surface area contributed by atoms with Crippen molar-refractivity contribution in [2.24, 2.45) is 0 Å². The molecule has 0 aliphatic carbocycles. The minimum atomic E-state index is -0.383. The molecule has 4 heteroatoms. The molecule has 1 aliphatic rings. The van der Waals surface area contributed by atoms with Crippen LogP contribution in [0, 0.1) is 0 Å². The standard InChI is InChI=1S/C17H15ClN2O/c18-14-6-4-5-13(11-14)16-9-10-20(17(12-21)19-16)15-7-2-1-3-8-15/h1-9,11-12,17,19H,10H2. The summed E-state index contributed by atoms with van der Waals surface area (Å²) in [5.74, 6) is 0. The van der Waals surface area contributed by atoms with E-state index in [4.69, 9.17) is 11.6 Å². The van der Waals surface area contributed by atoms with Gasteiger partial charge >= 0.3 is 0 Å². The number of para-hydroxylation sites is 1. The van der Waals surface area contributed by atoms with Crippen LogP contribution in [0.2, 0.25) is 5.02 Å². The smallest absolute Gasteiger partial charge is 0.162 e. The van der Waals surface area contributed by atoms with E-state index < -0.39 is 0 Å². The predicted octanol–water partition coefficient (Wildman–Crippen LogP) is 3.32. The minimum Gasteiger partial charge on any atom is -0.359 e. The van der Waals surface area contributed by atoms with E-state index in [0.29, 0.717) is 11.6 Å². The molecule has 106 valence electrons. The van der Waals surface area contributed by atoms with Crippen LogP contribution >= 0.6 is 11.6 Å². The summed E-state index contributed by atoms with van der Waals surface area (Å²) in [6.07, 6.45) is 2.61. The van der Waals surface area contributed by atoms with Crippen molar-refractivity contribution in [1.29, 1.82) is 0 Å². The maximum Gasteiger partial charge on any atom is 0.162 e. The number of hydrogen-bond donors (Lipinski definition) is 1. The summed E-state index contributed by atoms with van der Waals surface area (Å²) in [5, 5.41) is 3.94. The molecule has 0 fully saturated rings. The Kier molecular flexibility index (Phi) is 3.93. The Morgan fingerprint density at radius 2 is 1.95 bits per heavy atom. The normalized spacial score (nSPS) is 17.9. The van der Waals surface area contributed by atoms with Crippen LogP contribution in [-0.4, -0.2) is 19.0 Å². The Hall–Kier alpha value is -2.26. The number of carbonyl (C=O) groups excluding carboxylic acids is 1. The van der Waals surface area contributed by atoms with Gasteiger partial charge in [-0.25, -0.2) is 0 Å². The molecular weight excluding hydrogens is 284 g/mol. The van der Waals surface area contributed by atoms with Gasteiger partial charge in [0.05, 0.1) is 0 Å². The molecule has 1 atom stereocenters. The third kappa shape index (κ3) is 2.93. The van der Waals surface area contributed by atoms with E-state index in [0.717, 1.165) is 23.2 Å². The molecule has 0 spiro atoms. The molecule has 0 radical (unpaired) electrons. The van der Waals surface area contributed by atoms with Gasteiger partial charge in [-0.3, -0.25) is 4.79 Å². The number of hydrogen-bond acceptors (Lipinski definition) is 3. The first kappa shape index (κ1) is 13.7. The van der Waals surface area contributed by atoms with Crippen LogP contribution in [0.5, 0.6) is 0 Å². The number of carbonyl (C=O) groups is 1. The molecule has 1 unspecified atom stereocenters. The average molecular weight is 299 g/mol. The number of aldehydes is 1. The second-order valence-electron chi connectivity index (χ2n) is 4.84. The molecule has 0 saturated heterocycles. The first-order valence-electron chi connectivity index (χ1n) is 6.77. The van der Waals surface area contributed by atoms with Gasteiger partial charge in [-0.15, -0.1) is 0 Å². The lowest BCUT2D eigenvalue weighted by Gasteiger charge is -2.35. The molecule has 2 aromatic rings. The second-order valence-corrected chi connectivity index (χ2v) is 5.28. The highest BCUT2D eigenvalue weighted by Crippen LogP contribution is 2.23. The van der Waals surface area contributed by atoms with Crippen molar-refractivity contribution in [3.63, 3.8) is 0 Å². The molecule has 1 heterocycles. The Labute approximate surface area is 128 Å². The molecular formula is C17H15ClN2O. The lowest BCUT2D eigenvalue weighted by atomic mass is 10.1. The maximum atomic E-state index is 11.4. The van der Waals surface area contributed by atoms with Gasteiger partial charge in [0.15, 0.2) is 12.5 Å². The van der Waals surface area contributed by atoms with Gasteiger partial charge in [-0.2, -0.15) is 0 Å². The van der Waals surface area contributed by atoms with Crippen LogP contribution in [0.3, 0.4) is 0 Å². The summed E-state index contributed by atoms with van der Waals surface area (Å²) in [6.45, 7) is 0.669. The first-order chi connectivity index (χ1) is 10.3. The number of halogens is 1. The van der Waals surface area contributed by atoms with E-state index >= 15 is 0 Å². The van der Waals surface area contributed by atoms with E-state index in [9.17, 15) is 4.79 Å². The molecule has 1 aliphatic heterocycles. The molecule has 3 rings (SSSR count). The van der Waals surface area contributed by atoms with E-state index in [1.165, 1.54) is 0 Å². The number of rotatable bonds is 3. The summed E-state index contributed by atoms with van der Waals surface area (Å²) in [4.78, 5) is 13.4. The molecule has 21 heavy (non-hydrogen) atoms. The molecule has 1 N–H and O–H groups in total. The third-order valence-corrected chi connectivity index (χ3v) is 3.72. The van der Waals surface area contributed by atoms with E-state index in [1.807, 2.05) is 59.5 Å². The Bertz CT molecular complexity index is 670. The van der Waals surface area contributed by atoms with Crippen LogP contribution in [0.25, 0.3) is 5.70 Å². The monoisotopic (exact) mass is 298 g/mol. The topological polar surface area (TPSA) is 32.3 Å². The molecule has 0 amide bonds. The average Bonchev–Trinajstić information content (AvgIpc) is 2.55. The van der Waals surface area contributed by atoms with Gasteiger partial charge in [0.2, 0.25) is 0 Å². The Balaban J connectivity index is 1.89. The SMILES string of the molecule is O=CC1NC(c2cccc(Cl)c2)=CCN1c1ccccc1. The second kappa shape index (κ2) is 6.02. The number of anilines is 1. The summed E-state index contributed by atoms with van der Waals surface area (Å²) < 4.78 is 0. The summed E-state index contributed by atoms with van der Waals surface area (Å²) in [6, 6.07) is 17.5. The van der Waals surface area contributed by atoms with Gasteiger partial charge < -0.3 is 10.2 Å². The van der Waals surface area contributed by atoms with Crippen LogP contribution < -0.4 is 10.2 Å². The van der Waals surface area contributed by atoms with Crippen LogP contribution in [0.4, 0.5) is 5.69 Å². The molecule has 0 bridgehead atoms. The number of nitrogens with one attached hydrogen (secondary N) is 1. The van der Waals surface area contributed by atoms with Gasteiger partial charge in [-0.05, 0) is 35.9 Å². The maximum absolute atomic E-state index is 11.4. The quantitative estimate of drug-likeness (QED) is 0.882. The highest BCUT2D eigenvalue weighted by Gasteiger charge is 2.22. The van der Waals surface area contributed by atoms with Gasteiger partial charge in [0.1, 0.15) is 0 Å². The van der Waals surface area contributed by atoms with Crippen molar-refractivity contribution in [1.82, 2.24) is 5.32 Å². The van der Waals surface area contributed by atoms with Crippen molar-refractivity contribution >= 4 is 29.3 Å². The van der Waals surface area contributed by atoms with Crippen molar-refractivity contribution < 1.29 is 4.79 Å². The summed E-state index contributed by atoms with van der Waals surface area (Å²) in [5.41, 5.74) is 2.94. The van der Waals surface area contributed by atoms with E-state index in [2.05, 4.69) is 11.4 Å². The zero-order valence-electron chi connectivity index (χ0n) is 11.4. The van der Waals surface area contributed by atoms with Gasteiger partial charge in [-0.1, -0.05) is 41.9 Å². The predicted molar refractivity (Wildman–Crippen MR) is 86.2 cm³/mol. The fourth-order valence-corrected chi connectivity index (χ4v) is 2.64. The van der Waals surface area contributed by atoms with Crippen LogP contribution in [0.1, 0.15) is 5.56 Å². The van der Waals surface area contributed by atoms with Gasteiger partial charge in [0, 0.05) is 23.0 Å². The highest BCUT2D eigenvalue weighted by atomic mass is 35.5. The largest absolute Gasteiger partial charge is 0.359 e. The molecule has 2 aromatic carbocycles. The Morgan fingerprint density at radius 1 is 1.14 bits per heavy atom. The van der Waals surface area contributed by atoms with Gasteiger partial charge in [0.25, 0.3) is 0 Å². The lowest BCUT2D eigenvalue weighted by Crippen LogP contribution is -2.49. The summed E-state index contributed by atoms with van der Waals surface area (Å²) in [7, 11) is 0. The van der Waals surface area contributed by atoms with Crippen molar-refractivity contribution in [3.8, 4) is 0 Å². The highest BCUT2D eigenvalue weighted by molar-refractivity contribution is 6.30. The van der Waals surface area contributed by atoms with Crippen molar-refractivity contribution in [3.05, 3.63) is 71.3 Å². The van der Waals surface area contributed by atoms with E-state index in [1.54, 1.807) is 0 Å². The van der Waals surface area contributed by atoms with Crippen LogP contribution in [-0.2, 0) is 4.79 Å². The fourth-order valence-electron chi connectivity index (χ4n) is 2.45. The Morgan fingerprint density at radius 3 is 2.67 bits per heavy atom. The zero-order valence-corrected chi connectivity index (χ0v) is 12.1.